The minimum absolute atomic E-state index is 0.0163. The molecule has 0 bridgehead atoms. The first kappa shape index (κ1) is 15.9. The number of hydrogen-bond acceptors (Lipinski definition) is 3. The summed E-state index contributed by atoms with van der Waals surface area (Å²) >= 11 is 0. The summed E-state index contributed by atoms with van der Waals surface area (Å²) < 4.78 is 53.1. The Bertz CT molecular complexity index is 850. The van der Waals surface area contributed by atoms with Crippen molar-refractivity contribution in [3.8, 4) is 0 Å². The number of benzene rings is 2. The lowest BCUT2D eigenvalue weighted by molar-refractivity contribution is 0.0697. The molecule has 0 amide bonds. The molecule has 8 heteroatoms. The molecule has 0 saturated heterocycles. The Hall–Kier alpha value is -2.48. The second-order valence-corrected chi connectivity index (χ2v) is 6.14. The lowest BCUT2D eigenvalue weighted by atomic mass is 10.1. The van der Waals surface area contributed by atoms with E-state index in [9.17, 15) is 22.0 Å². The molecule has 0 aliphatic heterocycles. The van der Waals surface area contributed by atoms with Gasteiger partial charge in [0.25, 0.3) is 10.0 Å². The number of hydrogen-bond donors (Lipinski definition) is 2. The molecule has 0 fully saturated rings. The highest BCUT2D eigenvalue weighted by atomic mass is 32.2. The molecule has 2 aromatic rings. The maximum absolute atomic E-state index is 13.6. The largest absolute Gasteiger partial charge is 0.478 e. The van der Waals surface area contributed by atoms with E-state index in [-0.39, 0.29) is 11.3 Å². The Morgan fingerprint density at radius 1 is 1.18 bits per heavy atom. The van der Waals surface area contributed by atoms with Gasteiger partial charge in [-0.15, -0.1) is 0 Å². The zero-order valence-corrected chi connectivity index (χ0v) is 12.1. The summed E-state index contributed by atoms with van der Waals surface area (Å²) in [5.74, 6) is -3.91. The highest BCUT2D eigenvalue weighted by Gasteiger charge is 2.22. The van der Waals surface area contributed by atoms with Gasteiger partial charge in [-0.2, -0.15) is 0 Å². The van der Waals surface area contributed by atoms with Gasteiger partial charge in [0.15, 0.2) is 11.6 Å². The van der Waals surface area contributed by atoms with Gasteiger partial charge in [0.1, 0.15) is 4.90 Å². The summed E-state index contributed by atoms with van der Waals surface area (Å²) in [4.78, 5) is 10.00. The van der Waals surface area contributed by atoms with Crippen LogP contribution in [0.2, 0.25) is 0 Å². The van der Waals surface area contributed by atoms with E-state index in [1.165, 1.54) is 25.1 Å². The van der Waals surface area contributed by atoms with Crippen molar-refractivity contribution in [1.29, 1.82) is 0 Å². The van der Waals surface area contributed by atoms with Crippen molar-refractivity contribution in [1.82, 2.24) is 0 Å². The van der Waals surface area contributed by atoms with Gasteiger partial charge in [-0.1, -0.05) is 6.07 Å². The Morgan fingerprint density at radius 2 is 1.86 bits per heavy atom. The maximum Gasteiger partial charge on any atom is 0.335 e. The number of carboxylic acid groups (broad SMARTS) is 1. The van der Waals surface area contributed by atoms with Crippen molar-refractivity contribution in [3.05, 3.63) is 59.2 Å². The van der Waals surface area contributed by atoms with Crippen LogP contribution in [0.3, 0.4) is 0 Å². The molecule has 0 unspecified atom stereocenters. The highest BCUT2D eigenvalue weighted by molar-refractivity contribution is 7.92. The molecule has 2 aromatic carbocycles. The Morgan fingerprint density at radius 3 is 2.45 bits per heavy atom. The molecule has 0 atom stereocenters. The molecule has 0 aromatic heterocycles. The third-order valence-corrected chi connectivity index (χ3v) is 4.31. The predicted octanol–water partition coefficient (Wildman–Crippen LogP) is 2.77. The number of halogens is 2. The van der Waals surface area contributed by atoms with Crippen molar-refractivity contribution in [3.63, 3.8) is 0 Å². The molecular weight excluding hydrogens is 316 g/mol. The lowest BCUT2D eigenvalue weighted by Crippen LogP contribution is -2.16. The van der Waals surface area contributed by atoms with Crippen LogP contribution in [0.15, 0.2) is 41.3 Å². The van der Waals surface area contributed by atoms with Crippen molar-refractivity contribution >= 4 is 21.7 Å². The normalized spacial score (nSPS) is 11.2. The first-order valence-corrected chi connectivity index (χ1v) is 7.51. The molecule has 2 N–H and O–H groups in total. The summed E-state index contributed by atoms with van der Waals surface area (Å²) in [6.45, 7) is 1.49. The summed E-state index contributed by atoms with van der Waals surface area (Å²) in [5, 5.41) is 8.85. The van der Waals surface area contributed by atoms with Crippen LogP contribution in [0.5, 0.6) is 0 Å². The van der Waals surface area contributed by atoms with Gasteiger partial charge in [-0.05, 0) is 42.8 Å². The fraction of sp³-hybridized carbons (Fsp3) is 0.0714. The lowest BCUT2D eigenvalue weighted by Gasteiger charge is -2.11. The van der Waals surface area contributed by atoms with Gasteiger partial charge in [0.2, 0.25) is 0 Å². The first-order valence-electron chi connectivity index (χ1n) is 6.03. The minimum Gasteiger partial charge on any atom is -0.478 e. The number of aromatic carboxylic acids is 1. The number of carboxylic acids is 1. The van der Waals surface area contributed by atoms with Gasteiger partial charge in [-0.3, -0.25) is 4.72 Å². The highest BCUT2D eigenvalue weighted by Crippen LogP contribution is 2.23. The van der Waals surface area contributed by atoms with Crippen molar-refractivity contribution in [2.45, 2.75) is 11.8 Å². The predicted molar refractivity (Wildman–Crippen MR) is 75.3 cm³/mol. The van der Waals surface area contributed by atoms with Gasteiger partial charge in [-0.25, -0.2) is 22.0 Å². The van der Waals surface area contributed by atoms with Crippen LogP contribution < -0.4 is 4.72 Å². The first-order chi connectivity index (χ1) is 10.2. The van der Waals surface area contributed by atoms with Gasteiger partial charge in [0, 0.05) is 0 Å². The third kappa shape index (κ3) is 3.06. The van der Waals surface area contributed by atoms with E-state index in [4.69, 9.17) is 5.11 Å². The molecule has 0 radical (unpaired) electrons. The van der Waals surface area contributed by atoms with E-state index in [1.807, 2.05) is 0 Å². The Labute approximate surface area is 125 Å². The monoisotopic (exact) mass is 327 g/mol. The topological polar surface area (TPSA) is 83.5 Å². The maximum atomic E-state index is 13.6. The third-order valence-electron chi connectivity index (χ3n) is 2.92. The summed E-state index contributed by atoms with van der Waals surface area (Å²) in [6.07, 6.45) is 0. The molecule has 22 heavy (non-hydrogen) atoms. The number of anilines is 1. The summed E-state index contributed by atoms with van der Waals surface area (Å²) in [6, 6.07) is 6.53. The Kier molecular flexibility index (Phi) is 4.14. The second-order valence-electron chi connectivity index (χ2n) is 4.49. The van der Waals surface area contributed by atoms with E-state index >= 15 is 0 Å². The quantitative estimate of drug-likeness (QED) is 0.904. The molecular formula is C14H11F2NO4S. The van der Waals surface area contributed by atoms with E-state index < -0.39 is 32.5 Å². The number of sulfonamides is 1. The van der Waals surface area contributed by atoms with E-state index in [0.29, 0.717) is 5.56 Å². The number of aryl methyl sites for hydroxylation is 1. The van der Waals surface area contributed by atoms with Crippen LogP contribution in [0.1, 0.15) is 15.9 Å². The number of rotatable bonds is 4. The van der Waals surface area contributed by atoms with Crippen LogP contribution in [0, 0.1) is 18.6 Å². The molecule has 116 valence electrons. The fourth-order valence-electron chi connectivity index (χ4n) is 1.80. The van der Waals surface area contributed by atoms with Crippen LogP contribution >= 0.6 is 0 Å². The second kappa shape index (κ2) is 5.72. The zero-order valence-electron chi connectivity index (χ0n) is 11.3. The smallest absolute Gasteiger partial charge is 0.335 e. The molecule has 0 aliphatic carbocycles. The van der Waals surface area contributed by atoms with Crippen LogP contribution in [0.25, 0.3) is 0 Å². The minimum atomic E-state index is -4.33. The van der Waals surface area contributed by atoms with Gasteiger partial charge < -0.3 is 5.11 Å². The molecule has 2 rings (SSSR count). The number of nitrogens with one attached hydrogen (secondary N) is 1. The average molecular weight is 327 g/mol. The van der Waals surface area contributed by atoms with Crippen molar-refractivity contribution in [2.24, 2.45) is 0 Å². The molecule has 0 heterocycles. The zero-order chi connectivity index (χ0) is 16.5. The van der Waals surface area contributed by atoms with E-state index in [2.05, 4.69) is 4.72 Å². The van der Waals surface area contributed by atoms with Crippen LogP contribution in [-0.2, 0) is 10.0 Å². The van der Waals surface area contributed by atoms with E-state index in [0.717, 1.165) is 18.2 Å². The average Bonchev–Trinajstić information content (AvgIpc) is 2.43. The van der Waals surface area contributed by atoms with Crippen molar-refractivity contribution < 1.29 is 27.1 Å². The molecule has 5 nitrogen and oxygen atoms in total. The SMILES string of the molecule is Cc1cc(C(=O)O)ccc1NS(=O)(=O)c1cccc(F)c1F. The Balaban J connectivity index is 2.41. The molecule has 0 saturated carbocycles. The van der Waals surface area contributed by atoms with Crippen LogP contribution in [0.4, 0.5) is 14.5 Å². The van der Waals surface area contributed by atoms with Gasteiger partial charge in [0.05, 0.1) is 11.3 Å². The number of carbonyl (C=O) groups is 1. The standard InChI is InChI=1S/C14H11F2NO4S/c1-8-7-9(14(18)19)5-6-11(8)17-22(20,21)12-4-2-3-10(15)13(12)16/h2-7,17H,1H3,(H,18,19). The van der Waals surface area contributed by atoms with Crippen molar-refractivity contribution in [2.75, 3.05) is 4.72 Å². The van der Waals surface area contributed by atoms with Crippen LogP contribution in [-0.4, -0.2) is 19.5 Å². The summed E-state index contributed by atoms with van der Waals surface area (Å²) in [5.41, 5.74) is 0.395. The fourth-order valence-corrected chi connectivity index (χ4v) is 3.02. The van der Waals surface area contributed by atoms with Gasteiger partial charge >= 0.3 is 5.97 Å². The molecule has 0 spiro atoms. The molecule has 0 aliphatic rings. The summed E-state index contributed by atoms with van der Waals surface area (Å²) in [7, 11) is -4.33. The van der Waals surface area contributed by atoms with E-state index in [1.54, 1.807) is 0 Å².